The molecule has 3 heterocycles. The molecule has 4 rings (SSSR count). The molecule has 0 aliphatic heterocycles. The molecule has 9 nitrogen and oxygen atoms in total. The Kier molecular flexibility index (Phi) is 6.36. The standard InChI is InChI=1S/C21H19BFN7O2S/c1-24-19-14(7-11-9-27-21(25-2)29-18(11)28-19)13-5-4-6-15(17(13)23)30-33(31)16-8-12(22)10-26-20(16)32-3/h4-10,30H,1-3H3,(H2,24,25,27,28,29). The number of hydrogen-bond donors (Lipinski definition) is 3. The van der Waals surface area contributed by atoms with Crippen LogP contribution in [0, 0.1) is 5.82 Å². The summed E-state index contributed by atoms with van der Waals surface area (Å²) in [5.41, 5.74) is 1.55. The van der Waals surface area contributed by atoms with Crippen molar-refractivity contribution in [2.75, 3.05) is 36.6 Å². The Morgan fingerprint density at radius 1 is 1.06 bits per heavy atom. The quantitative estimate of drug-likeness (QED) is 0.358. The monoisotopic (exact) mass is 463 g/mol. The molecule has 4 aromatic rings. The van der Waals surface area contributed by atoms with Crippen molar-refractivity contribution in [1.82, 2.24) is 19.9 Å². The molecule has 1 aromatic carbocycles. The number of anilines is 3. The van der Waals surface area contributed by atoms with Crippen LogP contribution < -0.4 is 25.6 Å². The number of fused-ring (bicyclic) bond motifs is 1. The third-order valence-corrected chi connectivity index (χ3v) is 5.85. The highest BCUT2D eigenvalue weighted by Crippen LogP contribution is 2.34. The van der Waals surface area contributed by atoms with Crippen LogP contribution in [0.25, 0.3) is 22.2 Å². The van der Waals surface area contributed by atoms with Crippen molar-refractivity contribution in [2.45, 2.75) is 4.90 Å². The normalized spacial score (nSPS) is 11.8. The molecule has 0 fully saturated rings. The SMILES string of the molecule is [B]c1cnc(OC)c(S(=O)Nc2cccc(-c3cc4cnc(NC)nc4nc3NC)c2F)c1. The lowest BCUT2D eigenvalue weighted by Gasteiger charge is -2.14. The minimum atomic E-state index is -1.88. The molecule has 0 spiro atoms. The van der Waals surface area contributed by atoms with Gasteiger partial charge in [0, 0.05) is 43.0 Å². The third kappa shape index (κ3) is 4.42. The number of hydrogen-bond acceptors (Lipinski definition) is 8. The number of rotatable bonds is 7. The van der Waals surface area contributed by atoms with Crippen molar-refractivity contribution in [3.05, 3.63) is 48.5 Å². The van der Waals surface area contributed by atoms with Crippen molar-refractivity contribution in [3.63, 3.8) is 0 Å². The molecular weight excluding hydrogens is 444 g/mol. The second-order valence-corrected chi connectivity index (χ2v) is 7.99. The average molecular weight is 463 g/mol. The largest absolute Gasteiger partial charge is 0.480 e. The van der Waals surface area contributed by atoms with Crippen LogP contribution in [-0.2, 0) is 11.0 Å². The first-order valence-electron chi connectivity index (χ1n) is 9.75. The maximum Gasteiger partial charge on any atom is 0.231 e. The summed E-state index contributed by atoms with van der Waals surface area (Å²) < 4.78 is 36.3. The molecule has 1 unspecified atom stereocenters. The van der Waals surface area contributed by atoms with Gasteiger partial charge in [0.1, 0.15) is 18.6 Å². The fraction of sp³-hybridized carbons (Fsp3) is 0.143. The van der Waals surface area contributed by atoms with E-state index in [1.165, 1.54) is 25.4 Å². The van der Waals surface area contributed by atoms with Crippen LogP contribution in [0.3, 0.4) is 0 Å². The van der Waals surface area contributed by atoms with E-state index in [9.17, 15) is 4.21 Å². The number of ether oxygens (including phenoxy) is 1. The predicted molar refractivity (Wildman–Crippen MR) is 128 cm³/mol. The van der Waals surface area contributed by atoms with E-state index in [0.717, 1.165) is 0 Å². The van der Waals surface area contributed by atoms with Gasteiger partial charge in [-0.15, -0.1) is 0 Å². The highest BCUT2D eigenvalue weighted by molar-refractivity contribution is 7.86. The van der Waals surface area contributed by atoms with E-state index in [-0.39, 0.29) is 22.0 Å². The molecule has 0 aliphatic rings. The summed E-state index contributed by atoms with van der Waals surface area (Å²) in [6, 6.07) is 7.95. The van der Waals surface area contributed by atoms with Gasteiger partial charge >= 0.3 is 0 Å². The lowest BCUT2D eigenvalue weighted by atomic mass is 9.99. The lowest BCUT2D eigenvalue weighted by Crippen LogP contribution is -2.13. The van der Waals surface area contributed by atoms with E-state index in [2.05, 4.69) is 35.3 Å². The smallest absolute Gasteiger partial charge is 0.231 e. The fourth-order valence-electron chi connectivity index (χ4n) is 3.19. The summed E-state index contributed by atoms with van der Waals surface area (Å²) in [6.45, 7) is 0. The Morgan fingerprint density at radius 2 is 1.88 bits per heavy atom. The summed E-state index contributed by atoms with van der Waals surface area (Å²) in [6.07, 6.45) is 2.99. The molecule has 166 valence electrons. The van der Waals surface area contributed by atoms with Crippen molar-refractivity contribution >= 4 is 52.8 Å². The Balaban J connectivity index is 1.75. The number of aromatic nitrogens is 4. The number of nitrogens with zero attached hydrogens (tertiary/aromatic N) is 4. The Morgan fingerprint density at radius 3 is 2.61 bits per heavy atom. The molecule has 1 atom stereocenters. The summed E-state index contributed by atoms with van der Waals surface area (Å²) in [4.78, 5) is 17.2. The summed E-state index contributed by atoms with van der Waals surface area (Å²) in [5.74, 6) is 0.383. The van der Waals surface area contributed by atoms with Gasteiger partial charge in [-0.25, -0.2) is 23.6 Å². The second-order valence-electron chi connectivity index (χ2n) is 6.80. The average Bonchev–Trinajstić information content (AvgIpc) is 2.84. The molecule has 0 saturated carbocycles. The maximum absolute atomic E-state index is 15.6. The van der Waals surface area contributed by atoms with Crippen molar-refractivity contribution in [3.8, 4) is 17.0 Å². The number of benzene rings is 1. The first-order valence-corrected chi connectivity index (χ1v) is 10.9. The van der Waals surface area contributed by atoms with E-state index < -0.39 is 16.8 Å². The van der Waals surface area contributed by atoms with Gasteiger partial charge in [-0.3, -0.25) is 4.72 Å². The van der Waals surface area contributed by atoms with E-state index >= 15 is 4.39 Å². The highest BCUT2D eigenvalue weighted by atomic mass is 32.2. The predicted octanol–water partition coefficient (Wildman–Crippen LogP) is 2.25. The molecule has 2 radical (unpaired) electrons. The Hall–Kier alpha value is -3.80. The topological polar surface area (TPSA) is 114 Å². The first kappa shape index (κ1) is 22.4. The van der Waals surface area contributed by atoms with Gasteiger partial charge in [0.15, 0.2) is 22.5 Å². The maximum atomic E-state index is 15.6. The molecule has 3 N–H and O–H groups in total. The van der Waals surface area contributed by atoms with Crippen LogP contribution >= 0.6 is 0 Å². The molecule has 0 aliphatic carbocycles. The van der Waals surface area contributed by atoms with Crippen LogP contribution in [0.1, 0.15) is 0 Å². The van der Waals surface area contributed by atoms with E-state index in [0.29, 0.717) is 33.8 Å². The molecule has 12 heteroatoms. The number of nitrogens with one attached hydrogen (secondary N) is 3. The van der Waals surface area contributed by atoms with Gasteiger partial charge in [-0.1, -0.05) is 17.6 Å². The first-order chi connectivity index (χ1) is 15.9. The second kappa shape index (κ2) is 9.37. The Bertz CT molecular complexity index is 1370. The zero-order chi connectivity index (χ0) is 23.5. The number of pyridine rings is 2. The molecule has 3 aromatic heterocycles. The number of methoxy groups -OCH3 is 1. The molecule has 33 heavy (non-hydrogen) atoms. The molecule has 0 bridgehead atoms. The highest BCUT2D eigenvalue weighted by Gasteiger charge is 2.19. The van der Waals surface area contributed by atoms with Gasteiger partial charge in [0.05, 0.1) is 12.8 Å². The summed E-state index contributed by atoms with van der Waals surface area (Å²) >= 11 is 0. The van der Waals surface area contributed by atoms with E-state index in [1.807, 2.05) is 0 Å². The van der Waals surface area contributed by atoms with Crippen LogP contribution in [-0.4, -0.2) is 53.2 Å². The summed E-state index contributed by atoms with van der Waals surface area (Å²) in [5, 5.41) is 6.48. The van der Waals surface area contributed by atoms with Gasteiger partial charge in [-0.05, 0) is 18.2 Å². The molecular formula is C21H19BFN7O2S. The zero-order valence-corrected chi connectivity index (χ0v) is 18.8. The fourth-order valence-corrected chi connectivity index (χ4v) is 4.19. The van der Waals surface area contributed by atoms with Gasteiger partial charge in [0.2, 0.25) is 11.8 Å². The van der Waals surface area contributed by atoms with Crippen molar-refractivity contribution in [1.29, 1.82) is 0 Å². The Labute approximate surface area is 193 Å². The van der Waals surface area contributed by atoms with Gasteiger partial charge < -0.3 is 15.4 Å². The number of halogens is 1. The van der Waals surface area contributed by atoms with Crippen LogP contribution in [0.5, 0.6) is 5.88 Å². The van der Waals surface area contributed by atoms with Crippen LogP contribution in [0.4, 0.5) is 21.8 Å². The minimum absolute atomic E-state index is 0.0271. The lowest BCUT2D eigenvalue weighted by molar-refractivity contribution is 0.386. The van der Waals surface area contributed by atoms with Crippen molar-refractivity contribution in [2.24, 2.45) is 0 Å². The minimum Gasteiger partial charge on any atom is -0.480 e. The van der Waals surface area contributed by atoms with Crippen molar-refractivity contribution < 1.29 is 13.3 Å². The van der Waals surface area contributed by atoms with Gasteiger partial charge in [-0.2, -0.15) is 4.98 Å². The van der Waals surface area contributed by atoms with Crippen LogP contribution in [0.2, 0.25) is 0 Å². The van der Waals surface area contributed by atoms with Gasteiger partial charge in [0.25, 0.3) is 0 Å². The van der Waals surface area contributed by atoms with E-state index in [1.54, 1.807) is 38.5 Å². The van der Waals surface area contributed by atoms with E-state index in [4.69, 9.17) is 12.6 Å². The third-order valence-electron chi connectivity index (χ3n) is 4.75. The zero-order valence-electron chi connectivity index (χ0n) is 18.0. The van der Waals surface area contributed by atoms with Crippen LogP contribution in [0.15, 0.2) is 47.6 Å². The summed E-state index contributed by atoms with van der Waals surface area (Å²) in [7, 11) is 8.67. The molecule has 0 amide bonds. The molecule has 0 saturated heterocycles.